The number of nitrogen functional groups attached to an aromatic ring is 1. The number of nitrogens with two attached hydrogens (primary N) is 1. The first-order valence-corrected chi connectivity index (χ1v) is 8.16. The molecule has 1 heterocycles. The minimum atomic E-state index is 0.544. The highest BCUT2D eigenvalue weighted by Crippen LogP contribution is 2.27. The summed E-state index contributed by atoms with van der Waals surface area (Å²) in [6.45, 7) is 6.95. The van der Waals surface area contributed by atoms with Crippen LogP contribution in [0, 0.1) is 13.8 Å². The van der Waals surface area contributed by atoms with Crippen molar-refractivity contribution >= 4 is 17.4 Å². The average molecular weight is 302 g/mol. The quantitative estimate of drug-likeness (QED) is 0.805. The number of hydrogen-bond acceptors (Lipinski definition) is 4. The summed E-state index contributed by atoms with van der Waals surface area (Å²) in [6.07, 6.45) is 0.945. The van der Waals surface area contributed by atoms with Crippen molar-refractivity contribution in [2.24, 2.45) is 0 Å². The van der Waals surface area contributed by atoms with E-state index in [1.807, 2.05) is 12.1 Å². The minimum absolute atomic E-state index is 0.544. The molecule has 0 spiro atoms. The first-order chi connectivity index (χ1) is 10.1. The Morgan fingerprint density at radius 2 is 1.86 bits per heavy atom. The van der Waals surface area contributed by atoms with Crippen LogP contribution >= 0.6 is 11.8 Å². The molecular formula is C17H22N2OS. The molecule has 112 valence electrons. The maximum atomic E-state index is 5.88. The van der Waals surface area contributed by atoms with Gasteiger partial charge in [0.2, 0.25) is 5.88 Å². The Morgan fingerprint density at radius 1 is 1.14 bits per heavy atom. The van der Waals surface area contributed by atoms with E-state index in [-0.39, 0.29) is 0 Å². The van der Waals surface area contributed by atoms with Crippen LogP contribution in [-0.2, 0) is 5.75 Å². The van der Waals surface area contributed by atoms with E-state index in [1.54, 1.807) is 11.8 Å². The first-order valence-electron chi connectivity index (χ1n) is 7.17. The summed E-state index contributed by atoms with van der Waals surface area (Å²) in [5.74, 6) is 1.44. The van der Waals surface area contributed by atoms with Gasteiger partial charge in [-0.15, -0.1) is 11.8 Å². The number of pyridine rings is 1. The van der Waals surface area contributed by atoms with Gasteiger partial charge in [-0.3, -0.25) is 0 Å². The first kappa shape index (κ1) is 15.7. The number of ether oxygens (including phenoxy) is 1. The largest absolute Gasteiger partial charge is 0.476 e. The zero-order valence-corrected chi connectivity index (χ0v) is 13.7. The van der Waals surface area contributed by atoms with Crippen LogP contribution in [0.2, 0.25) is 0 Å². The maximum absolute atomic E-state index is 5.88. The molecule has 0 fully saturated rings. The Balaban J connectivity index is 2.05. The molecule has 1 aromatic heterocycles. The van der Waals surface area contributed by atoms with E-state index in [9.17, 15) is 0 Å². The number of aromatic nitrogens is 1. The highest BCUT2D eigenvalue weighted by Gasteiger charge is 2.05. The van der Waals surface area contributed by atoms with E-state index in [0.717, 1.165) is 17.2 Å². The van der Waals surface area contributed by atoms with Crippen LogP contribution in [0.5, 0.6) is 5.88 Å². The summed E-state index contributed by atoms with van der Waals surface area (Å²) in [7, 11) is 0. The van der Waals surface area contributed by atoms with Gasteiger partial charge in [0, 0.05) is 5.75 Å². The molecule has 0 atom stereocenters. The molecule has 0 radical (unpaired) electrons. The summed E-state index contributed by atoms with van der Waals surface area (Å²) in [5, 5.41) is 0.939. The van der Waals surface area contributed by atoms with Gasteiger partial charge in [0.15, 0.2) is 0 Å². The third kappa shape index (κ3) is 4.67. The zero-order valence-electron chi connectivity index (χ0n) is 12.8. The predicted molar refractivity (Wildman–Crippen MR) is 89.9 cm³/mol. The van der Waals surface area contributed by atoms with E-state index in [1.165, 1.54) is 16.7 Å². The fourth-order valence-corrected chi connectivity index (χ4v) is 2.93. The van der Waals surface area contributed by atoms with Crippen molar-refractivity contribution in [3.63, 3.8) is 0 Å². The van der Waals surface area contributed by atoms with Gasteiger partial charge in [-0.05, 0) is 38.0 Å². The van der Waals surface area contributed by atoms with Crippen molar-refractivity contribution in [3.05, 3.63) is 47.0 Å². The molecule has 2 N–H and O–H groups in total. The minimum Gasteiger partial charge on any atom is -0.476 e. The molecule has 0 amide bonds. The molecule has 3 nitrogen and oxygen atoms in total. The standard InChI is InChI=1S/C17H22N2OS/c1-4-7-20-17-15(18)5-6-16(19-17)21-11-14-9-12(2)8-13(3)10-14/h5-6,8-10H,4,7,11,18H2,1-3H3. The number of nitrogens with zero attached hydrogens (tertiary/aromatic N) is 1. The van der Waals surface area contributed by atoms with Crippen LogP contribution in [0.15, 0.2) is 35.4 Å². The lowest BCUT2D eigenvalue weighted by molar-refractivity contribution is 0.305. The number of thioether (sulfide) groups is 1. The number of benzene rings is 1. The van der Waals surface area contributed by atoms with Crippen LogP contribution in [0.3, 0.4) is 0 Å². The summed E-state index contributed by atoms with van der Waals surface area (Å²) in [6, 6.07) is 10.4. The predicted octanol–water partition coefficient (Wildman–Crippen LogP) is 4.36. The number of anilines is 1. The second-order valence-corrected chi connectivity index (χ2v) is 6.17. The van der Waals surface area contributed by atoms with Crippen molar-refractivity contribution in [1.82, 2.24) is 4.98 Å². The van der Waals surface area contributed by atoms with E-state index in [0.29, 0.717) is 18.2 Å². The zero-order chi connectivity index (χ0) is 15.2. The van der Waals surface area contributed by atoms with E-state index in [4.69, 9.17) is 10.5 Å². The molecular weight excluding hydrogens is 280 g/mol. The average Bonchev–Trinajstić information content (AvgIpc) is 2.44. The van der Waals surface area contributed by atoms with Crippen molar-refractivity contribution in [2.75, 3.05) is 12.3 Å². The van der Waals surface area contributed by atoms with Gasteiger partial charge in [0.05, 0.1) is 12.3 Å². The molecule has 0 aliphatic heterocycles. The van der Waals surface area contributed by atoms with Gasteiger partial charge in [0.25, 0.3) is 0 Å². The van der Waals surface area contributed by atoms with Gasteiger partial charge >= 0.3 is 0 Å². The van der Waals surface area contributed by atoms with Gasteiger partial charge in [-0.1, -0.05) is 36.2 Å². The molecule has 4 heteroatoms. The Kier molecular flexibility index (Phi) is 5.51. The SMILES string of the molecule is CCCOc1nc(SCc2cc(C)cc(C)c2)ccc1N. The molecule has 0 aliphatic carbocycles. The maximum Gasteiger partial charge on any atom is 0.238 e. The molecule has 2 rings (SSSR count). The Morgan fingerprint density at radius 3 is 2.52 bits per heavy atom. The summed E-state index contributed by atoms with van der Waals surface area (Å²) in [4.78, 5) is 4.49. The summed E-state index contributed by atoms with van der Waals surface area (Å²) < 4.78 is 5.57. The summed E-state index contributed by atoms with van der Waals surface area (Å²) >= 11 is 1.70. The number of aryl methyl sites for hydroxylation is 2. The lowest BCUT2D eigenvalue weighted by Crippen LogP contribution is -2.01. The Hall–Kier alpha value is -1.68. The van der Waals surface area contributed by atoms with Crippen molar-refractivity contribution in [2.45, 2.75) is 38.0 Å². The molecule has 0 saturated carbocycles. The highest BCUT2D eigenvalue weighted by atomic mass is 32.2. The third-order valence-electron chi connectivity index (χ3n) is 2.98. The van der Waals surface area contributed by atoms with Crippen LogP contribution < -0.4 is 10.5 Å². The van der Waals surface area contributed by atoms with Crippen LogP contribution in [-0.4, -0.2) is 11.6 Å². The molecule has 2 aromatic rings. The van der Waals surface area contributed by atoms with Gasteiger partial charge in [-0.2, -0.15) is 0 Å². The third-order valence-corrected chi connectivity index (χ3v) is 3.98. The monoisotopic (exact) mass is 302 g/mol. The smallest absolute Gasteiger partial charge is 0.238 e. The fraction of sp³-hybridized carbons (Fsp3) is 0.353. The topological polar surface area (TPSA) is 48.1 Å². The normalized spacial score (nSPS) is 10.6. The molecule has 0 bridgehead atoms. The summed E-state index contributed by atoms with van der Waals surface area (Å²) in [5.41, 5.74) is 10.4. The van der Waals surface area contributed by atoms with E-state index in [2.05, 4.69) is 44.0 Å². The van der Waals surface area contributed by atoms with Crippen LogP contribution in [0.4, 0.5) is 5.69 Å². The lowest BCUT2D eigenvalue weighted by Gasteiger charge is -2.09. The highest BCUT2D eigenvalue weighted by molar-refractivity contribution is 7.98. The van der Waals surface area contributed by atoms with Gasteiger partial charge in [-0.25, -0.2) is 4.98 Å². The van der Waals surface area contributed by atoms with E-state index < -0.39 is 0 Å². The van der Waals surface area contributed by atoms with Gasteiger partial charge in [0.1, 0.15) is 5.03 Å². The molecule has 0 aliphatic rings. The van der Waals surface area contributed by atoms with Crippen molar-refractivity contribution < 1.29 is 4.74 Å². The Bertz CT molecular complexity index is 593. The van der Waals surface area contributed by atoms with E-state index >= 15 is 0 Å². The Labute approximate surface area is 130 Å². The van der Waals surface area contributed by atoms with Crippen LogP contribution in [0.1, 0.15) is 30.0 Å². The lowest BCUT2D eigenvalue weighted by atomic mass is 10.1. The second-order valence-electron chi connectivity index (χ2n) is 5.18. The van der Waals surface area contributed by atoms with Crippen LogP contribution in [0.25, 0.3) is 0 Å². The second kappa shape index (κ2) is 7.36. The molecule has 1 aromatic carbocycles. The fourth-order valence-electron chi connectivity index (χ4n) is 2.14. The number of hydrogen-bond donors (Lipinski definition) is 1. The number of rotatable bonds is 6. The molecule has 21 heavy (non-hydrogen) atoms. The van der Waals surface area contributed by atoms with Crippen molar-refractivity contribution in [1.29, 1.82) is 0 Å². The molecule has 0 saturated heterocycles. The van der Waals surface area contributed by atoms with Crippen molar-refractivity contribution in [3.8, 4) is 5.88 Å². The van der Waals surface area contributed by atoms with Gasteiger partial charge < -0.3 is 10.5 Å². The molecule has 0 unspecified atom stereocenters.